The highest BCUT2D eigenvalue weighted by Crippen LogP contribution is 2.52. The van der Waals surface area contributed by atoms with Gasteiger partial charge >= 0.3 is 5.97 Å². The molecule has 3 aromatic rings. The van der Waals surface area contributed by atoms with Crippen molar-refractivity contribution in [2.45, 2.75) is 94.8 Å². The van der Waals surface area contributed by atoms with E-state index in [9.17, 15) is 24.9 Å². The molecule has 0 radical (unpaired) electrons. The van der Waals surface area contributed by atoms with Crippen molar-refractivity contribution in [1.82, 2.24) is 0 Å². The van der Waals surface area contributed by atoms with Crippen LogP contribution < -0.4 is 10.4 Å². The summed E-state index contributed by atoms with van der Waals surface area (Å²) in [6.45, 7) is 0.0934. The normalized spacial score (nSPS) is 29.2. The summed E-state index contributed by atoms with van der Waals surface area (Å²) in [6, 6.07) is 25.2. The van der Waals surface area contributed by atoms with Gasteiger partial charge in [-0.3, -0.25) is 4.79 Å². The minimum atomic E-state index is -0.705. The average Bonchev–Trinajstić information content (AvgIpc) is 3.66. The summed E-state index contributed by atoms with van der Waals surface area (Å²) in [6.07, 6.45) is 24.3. The maximum Gasteiger partial charge on any atom is 0.307 e. The number of carbonyl (C=O) groups excluding carboxylic acids is 1. The van der Waals surface area contributed by atoms with Crippen LogP contribution in [-0.4, -0.2) is 34.2 Å². The highest BCUT2D eigenvalue weighted by atomic mass is 16.4. The van der Waals surface area contributed by atoms with Crippen LogP contribution in [0.4, 0.5) is 0 Å². The number of carboxylic acids is 1. The van der Waals surface area contributed by atoms with E-state index in [0.717, 1.165) is 94.5 Å². The third kappa shape index (κ3) is 8.31. The number of aliphatic hydroxyl groups is 1. The van der Waals surface area contributed by atoms with Crippen molar-refractivity contribution in [1.29, 1.82) is 0 Å². The number of phenolic OH excluding ortho intramolecular Hbond substituents is 1. The van der Waals surface area contributed by atoms with E-state index >= 15 is 0 Å². The monoisotopic (exact) mass is 712 g/mol. The highest BCUT2D eigenvalue weighted by Gasteiger charge is 2.49. The smallest absolute Gasteiger partial charge is 0.307 e. The Morgan fingerprint density at radius 2 is 1.64 bits per heavy atom. The van der Waals surface area contributed by atoms with Gasteiger partial charge in [0.25, 0.3) is 0 Å². The van der Waals surface area contributed by atoms with Gasteiger partial charge in [-0.1, -0.05) is 110 Å². The van der Waals surface area contributed by atoms with Crippen LogP contribution in [0.1, 0.15) is 99.7 Å². The molecule has 8 atom stereocenters. The molecule has 5 heteroatoms. The number of benzene rings is 3. The predicted octanol–water partition coefficient (Wildman–Crippen LogP) is 8.41. The fraction of sp³-hybridized carbons (Fsp3) is 0.458. The zero-order valence-electron chi connectivity index (χ0n) is 31.0. The number of rotatable bonds is 11. The summed E-state index contributed by atoms with van der Waals surface area (Å²) in [4.78, 5) is 25.3. The molecule has 0 aliphatic heterocycles. The van der Waals surface area contributed by atoms with Gasteiger partial charge in [-0.05, 0) is 139 Å². The van der Waals surface area contributed by atoms with Crippen molar-refractivity contribution in [3.63, 3.8) is 0 Å². The van der Waals surface area contributed by atoms with Crippen LogP contribution in [0.25, 0.3) is 12.2 Å². The third-order valence-electron chi connectivity index (χ3n) is 13.4. The molecule has 0 unspecified atom stereocenters. The number of allylic oxidation sites excluding steroid dienone is 3. The van der Waals surface area contributed by atoms with Crippen molar-refractivity contribution in [2.24, 2.45) is 35.5 Å². The van der Waals surface area contributed by atoms with Gasteiger partial charge in [0, 0.05) is 11.3 Å². The Hall–Kier alpha value is -4.22. The van der Waals surface area contributed by atoms with Crippen LogP contribution in [0, 0.1) is 35.5 Å². The molecule has 0 heterocycles. The van der Waals surface area contributed by atoms with Gasteiger partial charge in [-0.25, -0.2) is 0 Å². The second-order valence-electron chi connectivity index (χ2n) is 16.5. The Bertz CT molecular complexity index is 1920. The van der Waals surface area contributed by atoms with Crippen LogP contribution in [0.15, 0.2) is 96.6 Å². The third-order valence-corrected chi connectivity index (χ3v) is 13.4. The lowest BCUT2D eigenvalue weighted by atomic mass is 9.55. The first kappa shape index (κ1) is 37.1. The van der Waals surface area contributed by atoms with Gasteiger partial charge in [0.2, 0.25) is 0 Å². The molecular weight excluding hydrogens is 657 g/mol. The summed E-state index contributed by atoms with van der Waals surface area (Å²) in [7, 11) is 0. The molecule has 0 aromatic heterocycles. The van der Waals surface area contributed by atoms with E-state index in [1.54, 1.807) is 12.1 Å². The second-order valence-corrected chi connectivity index (χ2v) is 16.5. The molecular formula is C48H56O5. The molecule has 4 aliphatic rings. The van der Waals surface area contributed by atoms with Crippen LogP contribution in [0.2, 0.25) is 0 Å². The number of carbonyl (C=O) groups is 2. The minimum absolute atomic E-state index is 0.0193. The number of carboxylic acid groups (broad SMARTS) is 1. The number of aliphatic hydroxyl groups excluding tert-OH is 1. The van der Waals surface area contributed by atoms with E-state index in [1.807, 2.05) is 0 Å². The molecule has 3 aromatic carbocycles. The summed E-state index contributed by atoms with van der Waals surface area (Å²) >= 11 is 0. The molecule has 1 saturated carbocycles. The number of aromatic hydroxyl groups is 1. The Balaban J connectivity index is 1.14. The summed E-state index contributed by atoms with van der Waals surface area (Å²) in [5.41, 5.74) is 4.22. The maximum atomic E-state index is 13.3. The molecule has 1 fully saturated rings. The lowest BCUT2D eigenvalue weighted by molar-refractivity contribution is -0.145. The first-order valence-corrected chi connectivity index (χ1v) is 20.2. The van der Waals surface area contributed by atoms with Gasteiger partial charge in [0.1, 0.15) is 12.0 Å². The van der Waals surface area contributed by atoms with Gasteiger partial charge in [0.05, 0.1) is 12.5 Å². The molecule has 278 valence electrons. The molecule has 0 saturated heterocycles. The SMILES string of the molecule is O=C[C@@H](CCCCC[C@H]1C/C=C/C[C@@H](C(=O)O)[C@@]2(CC[C@@H]3C=c4ccccc4=C[C@@H]3C2)c2cccc(c2)C[C@H]1c1ccc(O)cc1)[C@@H]1C=C(CO)CC1. The van der Waals surface area contributed by atoms with Crippen LogP contribution >= 0.6 is 0 Å². The van der Waals surface area contributed by atoms with E-state index < -0.39 is 17.3 Å². The second kappa shape index (κ2) is 16.8. The molecule has 7 rings (SSSR count). The standard InChI is InChI=1S/C48H56O5/c49-31-34-17-18-39(25-34)41(32-50)14-3-1-2-10-35-11-6-7-16-46(47(52)53)48(24-23-40-28-37-12-4-5-13-38(37)29-42(40)30-48)43-15-8-9-33(26-43)27-45(35)36-19-21-44(51)22-20-36/h4-9,12-13,15,19-22,25-26,28-29,32,35,39-42,45-46,49,51H,1-3,10-11,14,16-18,23-24,27,30-31H2,(H,52,53)/b7-6+/t35-,39-,40+,41+,42+,45+,46-,48+/m0/s1. The largest absolute Gasteiger partial charge is 0.508 e. The number of unbranched alkanes of at least 4 members (excludes halogenated alkanes) is 2. The van der Waals surface area contributed by atoms with Crippen LogP contribution in [0.5, 0.6) is 5.75 Å². The Morgan fingerprint density at radius 3 is 2.38 bits per heavy atom. The van der Waals surface area contributed by atoms with Gasteiger partial charge in [-0.15, -0.1) is 0 Å². The van der Waals surface area contributed by atoms with Crippen LogP contribution in [-0.2, 0) is 21.4 Å². The number of fused-ring (bicyclic) bond motifs is 5. The first-order chi connectivity index (χ1) is 25.9. The Labute approximate surface area is 314 Å². The van der Waals surface area contributed by atoms with E-state index in [0.29, 0.717) is 24.2 Å². The number of aliphatic carboxylic acids is 1. The van der Waals surface area contributed by atoms with Gasteiger partial charge in [-0.2, -0.15) is 0 Å². The Kier molecular flexibility index (Phi) is 11.8. The van der Waals surface area contributed by atoms with Crippen molar-refractivity contribution in [2.75, 3.05) is 6.61 Å². The van der Waals surface area contributed by atoms with Gasteiger partial charge in [0.15, 0.2) is 0 Å². The van der Waals surface area contributed by atoms with Crippen molar-refractivity contribution in [3.05, 3.63) is 124 Å². The summed E-state index contributed by atoms with van der Waals surface area (Å²) in [5.74, 6) is 0.612. The fourth-order valence-corrected chi connectivity index (χ4v) is 10.5. The summed E-state index contributed by atoms with van der Waals surface area (Å²) < 4.78 is 0. The number of aldehydes is 1. The van der Waals surface area contributed by atoms with E-state index in [1.165, 1.54) is 21.6 Å². The molecule has 4 aliphatic carbocycles. The van der Waals surface area contributed by atoms with Crippen molar-refractivity contribution in [3.8, 4) is 5.75 Å². The molecule has 1 spiro atoms. The minimum Gasteiger partial charge on any atom is -0.508 e. The lowest BCUT2D eigenvalue weighted by Crippen LogP contribution is -2.47. The molecule has 3 N–H and O–H groups in total. The number of hydrogen-bond acceptors (Lipinski definition) is 4. The molecule has 5 nitrogen and oxygen atoms in total. The number of phenols is 1. The van der Waals surface area contributed by atoms with Gasteiger partial charge < -0.3 is 20.1 Å². The zero-order valence-corrected chi connectivity index (χ0v) is 31.0. The van der Waals surface area contributed by atoms with E-state index in [2.05, 4.69) is 91.0 Å². The zero-order chi connectivity index (χ0) is 36.8. The van der Waals surface area contributed by atoms with Crippen LogP contribution in [0.3, 0.4) is 0 Å². The first-order valence-electron chi connectivity index (χ1n) is 20.2. The average molecular weight is 713 g/mol. The Morgan fingerprint density at radius 1 is 0.868 bits per heavy atom. The molecule has 2 bridgehead atoms. The molecule has 53 heavy (non-hydrogen) atoms. The van der Waals surface area contributed by atoms with Crippen molar-refractivity contribution < 1.29 is 24.9 Å². The summed E-state index contributed by atoms with van der Waals surface area (Å²) in [5, 5.41) is 33.2. The highest BCUT2D eigenvalue weighted by molar-refractivity contribution is 5.73. The predicted molar refractivity (Wildman–Crippen MR) is 212 cm³/mol. The van der Waals surface area contributed by atoms with E-state index in [-0.39, 0.29) is 30.1 Å². The quantitative estimate of drug-likeness (QED) is 0.106. The molecule has 0 amide bonds. The number of hydrogen-bond donors (Lipinski definition) is 3. The van der Waals surface area contributed by atoms with E-state index in [4.69, 9.17) is 0 Å². The maximum absolute atomic E-state index is 13.3. The topological polar surface area (TPSA) is 94.8 Å². The fourth-order valence-electron chi connectivity index (χ4n) is 10.5. The van der Waals surface area contributed by atoms with Crippen molar-refractivity contribution >= 4 is 24.4 Å². The lowest BCUT2D eigenvalue weighted by Gasteiger charge is -2.48.